The van der Waals surface area contributed by atoms with Crippen molar-refractivity contribution in [3.8, 4) is 5.75 Å². The van der Waals surface area contributed by atoms with Crippen molar-refractivity contribution in [2.45, 2.75) is 19.4 Å². The molecule has 4 nitrogen and oxygen atoms in total. The quantitative estimate of drug-likeness (QED) is 0.751. The minimum Gasteiger partial charge on any atom is -0.496 e. The molecule has 0 fully saturated rings. The Morgan fingerprint density at radius 3 is 2.68 bits per heavy atom. The number of nitrogens with one attached hydrogen (secondary N) is 1. The molecular weight excluding hydrogens is 354 g/mol. The molecule has 0 saturated carbocycles. The van der Waals surface area contributed by atoms with E-state index < -0.39 is 10.0 Å². The van der Waals surface area contributed by atoms with Crippen LogP contribution in [0.3, 0.4) is 0 Å². The van der Waals surface area contributed by atoms with Gasteiger partial charge in [0.25, 0.3) is 0 Å². The smallest absolute Gasteiger partial charge is 0.212 e. The second-order valence-corrected chi connectivity index (χ2v) is 7.20. The van der Waals surface area contributed by atoms with Crippen molar-refractivity contribution in [3.05, 3.63) is 28.2 Å². The molecule has 19 heavy (non-hydrogen) atoms. The Bertz CT molecular complexity index is 522. The molecule has 0 amide bonds. The molecule has 0 aromatic heterocycles. The van der Waals surface area contributed by atoms with E-state index in [4.69, 9.17) is 16.3 Å². The summed E-state index contributed by atoms with van der Waals surface area (Å²) < 4.78 is 32.1. The Labute approximate surface area is 127 Å². The average molecular weight is 371 g/mol. The predicted octanol–water partition coefficient (Wildman–Crippen LogP) is 3.07. The summed E-state index contributed by atoms with van der Waals surface area (Å²) in [5.41, 5.74) is 0.863. The van der Waals surface area contributed by atoms with Gasteiger partial charge in [0, 0.05) is 11.9 Å². The number of hydrogen-bond donors (Lipinski definition) is 1. The topological polar surface area (TPSA) is 55.4 Å². The molecule has 1 atom stereocenters. The lowest BCUT2D eigenvalue weighted by Crippen LogP contribution is -2.29. The first-order valence-electron chi connectivity index (χ1n) is 5.79. The normalized spacial score (nSPS) is 13.3. The molecule has 1 aromatic rings. The van der Waals surface area contributed by atoms with Gasteiger partial charge in [-0.1, -0.05) is 6.07 Å². The molecule has 0 aliphatic heterocycles. The highest BCUT2D eigenvalue weighted by atomic mass is 79.9. The molecule has 1 aromatic carbocycles. The number of sulfonamides is 1. The maximum absolute atomic E-state index is 11.8. The zero-order valence-corrected chi connectivity index (χ0v) is 14.0. The number of benzene rings is 1. The van der Waals surface area contributed by atoms with Gasteiger partial charge in [-0.2, -0.15) is 0 Å². The highest BCUT2D eigenvalue weighted by molar-refractivity contribution is 9.10. The standard InChI is InChI=1S/C12H17BrClNO3S/c1-9(15-19(16,17)7-3-6-14)10-4-5-12(18-2)11(13)8-10/h4-5,8-9,15H,3,6-7H2,1-2H3. The van der Waals surface area contributed by atoms with E-state index in [0.29, 0.717) is 18.1 Å². The first-order valence-corrected chi connectivity index (χ1v) is 8.77. The molecule has 1 N–H and O–H groups in total. The van der Waals surface area contributed by atoms with E-state index >= 15 is 0 Å². The molecule has 0 bridgehead atoms. The van der Waals surface area contributed by atoms with Crippen LogP contribution in [-0.2, 0) is 10.0 Å². The number of alkyl halides is 1. The van der Waals surface area contributed by atoms with Crippen LogP contribution >= 0.6 is 27.5 Å². The highest BCUT2D eigenvalue weighted by Crippen LogP contribution is 2.28. The SMILES string of the molecule is COc1ccc(C(C)NS(=O)(=O)CCCCl)cc1Br. The largest absolute Gasteiger partial charge is 0.496 e. The van der Waals surface area contributed by atoms with E-state index in [1.165, 1.54) is 0 Å². The van der Waals surface area contributed by atoms with Gasteiger partial charge in [0.05, 0.1) is 17.3 Å². The third-order valence-corrected chi connectivity index (χ3v) is 5.00. The fraction of sp³-hybridized carbons (Fsp3) is 0.500. The highest BCUT2D eigenvalue weighted by Gasteiger charge is 2.16. The van der Waals surface area contributed by atoms with E-state index in [1.807, 2.05) is 12.1 Å². The summed E-state index contributed by atoms with van der Waals surface area (Å²) in [6, 6.07) is 5.16. The van der Waals surface area contributed by atoms with Crippen molar-refractivity contribution < 1.29 is 13.2 Å². The molecule has 0 spiro atoms. The third kappa shape index (κ3) is 5.30. The van der Waals surface area contributed by atoms with E-state index in [-0.39, 0.29) is 11.8 Å². The Kier molecular flexibility index (Phi) is 6.59. The predicted molar refractivity (Wildman–Crippen MR) is 81.4 cm³/mol. The molecule has 0 aliphatic rings. The lowest BCUT2D eigenvalue weighted by molar-refractivity contribution is 0.412. The van der Waals surface area contributed by atoms with E-state index in [2.05, 4.69) is 20.7 Å². The van der Waals surface area contributed by atoms with E-state index in [9.17, 15) is 8.42 Å². The van der Waals surface area contributed by atoms with Crippen LogP contribution in [0.4, 0.5) is 0 Å². The maximum Gasteiger partial charge on any atom is 0.212 e. The number of rotatable bonds is 7. The molecule has 0 heterocycles. The zero-order chi connectivity index (χ0) is 14.5. The van der Waals surface area contributed by atoms with Crippen LogP contribution in [0, 0.1) is 0 Å². The Balaban J connectivity index is 2.78. The molecule has 0 radical (unpaired) electrons. The van der Waals surface area contributed by atoms with E-state index in [1.54, 1.807) is 20.1 Å². The Morgan fingerprint density at radius 1 is 1.47 bits per heavy atom. The van der Waals surface area contributed by atoms with Gasteiger partial charge < -0.3 is 4.74 Å². The third-order valence-electron chi connectivity index (χ3n) is 2.58. The molecule has 0 saturated heterocycles. The Morgan fingerprint density at radius 2 is 2.16 bits per heavy atom. The number of methoxy groups -OCH3 is 1. The van der Waals surface area contributed by atoms with Gasteiger partial charge in [0.1, 0.15) is 5.75 Å². The Hall–Kier alpha value is -0.300. The summed E-state index contributed by atoms with van der Waals surface area (Å²) in [7, 11) is -1.72. The van der Waals surface area contributed by atoms with Crippen LogP contribution in [0.15, 0.2) is 22.7 Å². The first kappa shape index (κ1) is 16.8. The van der Waals surface area contributed by atoms with E-state index in [0.717, 1.165) is 10.0 Å². The summed E-state index contributed by atoms with van der Waals surface area (Å²) in [4.78, 5) is 0. The minimum atomic E-state index is -3.30. The van der Waals surface area contributed by atoms with Gasteiger partial charge in [0.15, 0.2) is 0 Å². The molecular formula is C12H17BrClNO3S. The van der Waals surface area contributed by atoms with Crippen molar-refractivity contribution in [2.24, 2.45) is 0 Å². The summed E-state index contributed by atoms with van der Waals surface area (Å²) in [6.45, 7) is 1.80. The summed E-state index contributed by atoms with van der Waals surface area (Å²) in [5.74, 6) is 1.09. The van der Waals surface area contributed by atoms with Crippen molar-refractivity contribution in [3.63, 3.8) is 0 Å². The van der Waals surface area contributed by atoms with Gasteiger partial charge in [-0.25, -0.2) is 13.1 Å². The van der Waals surface area contributed by atoms with Crippen LogP contribution in [0.5, 0.6) is 5.75 Å². The van der Waals surface area contributed by atoms with Crippen LogP contribution < -0.4 is 9.46 Å². The van der Waals surface area contributed by atoms with Crippen LogP contribution in [0.1, 0.15) is 24.9 Å². The first-order chi connectivity index (χ1) is 8.89. The molecule has 1 unspecified atom stereocenters. The number of halogens is 2. The van der Waals surface area contributed by atoms with Crippen molar-refractivity contribution in [1.82, 2.24) is 4.72 Å². The molecule has 108 valence electrons. The summed E-state index contributed by atoms with van der Waals surface area (Å²) >= 11 is 8.88. The van der Waals surface area contributed by atoms with Crippen molar-refractivity contribution in [1.29, 1.82) is 0 Å². The van der Waals surface area contributed by atoms with Crippen LogP contribution in [0.2, 0.25) is 0 Å². The van der Waals surface area contributed by atoms with Crippen LogP contribution in [0.25, 0.3) is 0 Å². The summed E-state index contributed by atoms with van der Waals surface area (Å²) in [5, 5.41) is 0. The second kappa shape index (κ2) is 7.47. The molecule has 7 heteroatoms. The fourth-order valence-electron chi connectivity index (χ4n) is 1.59. The maximum atomic E-state index is 11.8. The number of ether oxygens (including phenoxy) is 1. The van der Waals surface area contributed by atoms with Gasteiger partial charge >= 0.3 is 0 Å². The van der Waals surface area contributed by atoms with Crippen molar-refractivity contribution in [2.75, 3.05) is 18.7 Å². The average Bonchev–Trinajstić information content (AvgIpc) is 2.35. The molecule has 0 aliphatic carbocycles. The fourth-order valence-corrected chi connectivity index (χ4v) is 3.76. The monoisotopic (exact) mass is 369 g/mol. The van der Waals surface area contributed by atoms with Gasteiger partial charge in [-0.15, -0.1) is 11.6 Å². The van der Waals surface area contributed by atoms with Crippen LogP contribution in [-0.4, -0.2) is 27.2 Å². The van der Waals surface area contributed by atoms with Gasteiger partial charge in [-0.05, 0) is 47.0 Å². The van der Waals surface area contributed by atoms with Gasteiger partial charge in [-0.3, -0.25) is 0 Å². The zero-order valence-electron chi connectivity index (χ0n) is 10.8. The van der Waals surface area contributed by atoms with Crippen molar-refractivity contribution >= 4 is 37.6 Å². The lowest BCUT2D eigenvalue weighted by atomic mass is 10.1. The summed E-state index contributed by atoms with van der Waals surface area (Å²) in [6.07, 6.45) is 0.440. The number of hydrogen-bond acceptors (Lipinski definition) is 3. The minimum absolute atomic E-state index is 0.0398. The lowest BCUT2D eigenvalue weighted by Gasteiger charge is -2.15. The second-order valence-electron chi connectivity index (χ2n) is 4.09. The van der Waals surface area contributed by atoms with Gasteiger partial charge in [0.2, 0.25) is 10.0 Å². The molecule has 1 rings (SSSR count).